The molecule has 0 saturated carbocycles. The predicted octanol–water partition coefficient (Wildman–Crippen LogP) is 5.76. The number of hydrogen-bond donors (Lipinski definition) is 2. The van der Waals surface area contributed by atoms with Crippen molar-refractivity contribution in [3.8, 4) is 11.5 Å². The zero-order valence-corrected chi connectivity index (χ0v) is 24.6. The molecule has 0 spiro atoms. The molecular weight excluding hydrogens is 549 g/mol. The van der Waals surface area contributed by atoms with Gasteiger partial charge in [-0.25, -0.2) is 24.0 Å². The number of nitrogens with zero attached hydrogens (tertiary/aromatic N) is 7. The fraction of sp³-hybridized carbons (Fsp3) is 0.290. The SMILES string of the molecule is C=CC(=O)N1CCC[C@@H](C)C1.CNc1ccc2ncnc(Nc3ccc(Oc4ccc5c(c4)nnn5C)c(C)c3F)c2n1. The Bertz CT molecular complexity index is 1790. The largest absolute Gasteiger partial charge is 0.457 e. The number of aromatic nitrogens is 6. The summed E-state index contributed by atoms with van der Waals surface area (Å²) in [7, 11) is 3.59. The molecule has 2 N–H and O–H groups in total. The Morgan fingerprint density at radius 3 is 2.77 bits per heavy atom. The predicted molar refractivity (Wildman–Crippen MR) is 165 cm³/mol. The van der Waals surface area contributed by atoms with Gasteiger partial charge in [0, 0.05) is 38.8 Å². The van der Waals surface area contributed by atoms with Crippen LogP contribution in [0.3, 0.4) is 0 Å². The third-order valence-corrected chi connectivity index (χ3v) is 7.28. The normalized spacial score (nSPS) is 14.6. The molecule has 6 rings (SSSR count). The molecule has 0 radical (unpaired) electrons. The average Bonchev–Trinajstić information content (AvgIpc) is 3.40. The van der Waals surface area contributed by atoms with Crippen molar-refractivity contribution in [1.29, 1.82) is 0 Å². The molecule has 5 aromatic rings. The van der Waals surface area contributed by atoms with Crippen LogP contribution in [0, 0.1) is 18.7 Å². The van der Waals surface area contributed by atoms with E-state index in [1.807, 2.05) is 30.1 Å². The van der Waals surface area contributed by atoms with Crippen LogP contribution < -0.4 is 15.4 Å². The second-order valence-corrected chi connectivity index (χ2v) is 10.4. The molecule has 222 valence electrons. The highest BCUT2D eigenvalue weighted by Crippen LogP contribution is 2.33. The Kier molecular flexibility index (Phi) is 8.74. The zero-order chi connectivity index (χ0) is 30.5. The molecule has 43 heavy (non-hydrogen) atoms. The number of halogens is 1. The number of piperidine rings is 1. The molecule has 1 fully saturated rings. The van der Waals surface area contributed by atoms with E-state index in [4.69, 9.17) is 4.74 Å². The Morgan fingerprint density at radius 2 is 2.00 bits per heavy atom. The van der Waals surface area contributed by atoms with Gasteiger partial charge in [-0.2, -0.15) is 0 Å². The second-order valence-electron chi connectivity index (χ2n) is 10.4. The molecule has 1 saturated heterocycles. The summed E-state index contributed by atoms with van der Waals surface area (Å²) in [5.41, 5.74) is 3.39. The molecule has 0 unspecified atom stereocenters. The summed E-state index contributed by atoms with van der Waals surface area (Å²) in [6.07, 6.45) is 5.20. The number of benzene rings is 2. The van der Waals surface area contributed by atoms with Crippen molar-refractivity contribution >= 4 is 45.3 Å². The molecule has 1 amide bonds. The zero-order valence-electron chi connectivity index (χ0n) is 24.6. The number of carbonyl (C=O) groups is 1. The van der Waals surface area contributed by atoms with Gasteiger partial charge in [-0.3, -0.25) is 4.79 Å². The minimum atomic E-state index is -0.445. The summed E-state index contributed by atoms with van der Waals surface area (Å²) in [5.74, 6) is 2.32. The van der Waals surface area contributed by atoms with E-state index in [9.17, 15) is 4.79 Å². The highest BCUT2D eigenvalue weighted by atomic mass is 19.1. The highest BCUT2D eigenvalue weighted by molar-refractivity contribution is 5.88. The van der Waals surface area contributed by atoms with Crippen molar-refractivity contribution in [2.45, 2.75) is 26.7 Å². The molecule has 12 heteroatoms. The first-order valence-corrected chi connectivity index (χ1v) is 14.0. The van der Waals surface area contributed by atoms with Crippen LogP contribution in [0.2, 0.25) is 0 Å². The van der Waals surface area contributed by atoms with Gasteiger partial charge < -0.3 is 20.3 Å². The molecular formula is C31H34FN9O2. The van der Waals surface area contributed by atoms with E-state index in [-0.39, 0.29) is 11.6 Å². The van der Waals surface area contributed by atoms with Crippen LogP contribution in [0.5, 0.6) is 11.5 Å². The molecule has 0 bridgehead atoms. The monoisotopic (exact) mass is 583 g/mol. The summed E-state index contributed by atoms with van der Waals surface area (Å²) in [4.78, 5) is 25.9. The van der Waals surface area contributed by atoms with Gasteiger partial charge in [-0.15, -0.1) is 5.10 Å². The average molecular weight is 584 g/mol. The Labute approximate surface area is 248 Å². The summed E-state index contributed by atoms with van der Waals surface area (Å²) >= 11 is 0. The fourth-order valence-electron chi connectivity index (χ4n) is 4.90. The summed E-state index contributed by atoms with van der Waals surface area (Å²) in [6, 6.07) is 12.4. The summed E-state index contributed by atoms with van der Waals surface area (Å²) in [6.45, 7) is 9.13. The molecule has 1 aliphatic rings. The van der Waals surface area contributed by atoms with Crippen molar-refractivity contribution in [3.05, 3.63) is 72.8 Å². The van der Waals surface area contributed by atoms with Crippen LogP contribution in [0.25, 0.3) is 22.1 Å². The maximum atomic E-state index is 15.2. The molecule has 11 nitrogen and oxygen atoms in total. The van der Waals surface area contributed by atoms with E-state index in [0.29, 0.717) is 51.2 Å². The molecule has 3 aromatic heterocycles. The van der Waals surface area contributed by atoms with Crippen molar-refractivity contribution in [1.82, 2.24) is 34.8 Å². The first-order valence-electron chi connectivity index (χ1n) is 14.0. The van der Waals surface area contributed by atoms with Crippen LogP contribution in [0.15, 0.2) is 61.4 Å². The lowest BCUT2D eigenvalue weighted by Crippen LogP contribution is -2.37. The third-order valence-electron chi connectivity index (χ3n) is 7.28. The van der Waals surface area contributed by atoms with Gasteiger partial charge in [0.05, 0.1) is 16.7 Å². The number of ether oxygens (including phenoxy) is 1. The first kappa shape index (κ1) is 29.4. The Balaban J connectivity index is 0.000000283. The fourth-order valence-corrected chi connectivity index (χ4v) is 4.90. The number of aryl methyl sites for hydroxylation is 1. The standard InChI is InChI=1S/C22H19FN8O.C9H15NO/c1-12-18(32-13-4-7-17-16(10-13)29-30-31(17)3)8-5-14(20(12)23)27-22-21-15(25-11-26-22)6-9-19(24-2)28-21;1-3-9(11)10-6-4-5-8(2)7-10/h4-11H,1-3H3,(H,24,28)(H,25,26,27);3,8H,1,4-7H2,2H3/t;8-/m.1/s1. The van der Waals surface area contributed by atoms with Crippen LogP contribution in [-0.4, -0.2) is 60.9 Å². The minimum absolute atomic E-state index is 0.0801. The van der Waals surface area contributed by atoms with Crippen molar-refractivity contribution in [2.75, 3.05) is 30.8 Å². The van der Waals surface area contributed by atoms with Crippen molar-refractivity contribution < 1.29 is 13.9 Å². The number of rotatable bonds is 6. The Hall–Kier alpha value is -5.13. The van der Waals surface area contributed by atoms with Crippen LogP contribution >= 0.6 is 0 Å². The quantitative estimate of drug-likeness (QED) is 0.240. The number of nitrogens with one attached hydrogen (secondary N) is 2. The lowest BCUT2D eigenvalue weighted by molar-refractivity contribution is -0.127. The van der Waals surface area contributed by atoms with Gasteiger partial charge in [-0.05, 0) is 68.2 Å². The maximum absolute atomic E-state index is 15.2. The summed E-state index contributed by atoms with van der Waals surface area (Å²) in [5, 5.41) is 14.1. The number of pyridine rings is 1. The van der Waals surface area contributed by atoms with E-state index in [1.165, 1.54) is 18.8 Å². The lowest BCUT2D eigenvalue weighted by Gasteiger charge is -2.29. The van der Waals surface area contributed by atoms with E-state index in [1.54, 1.807) is 42.9 Å². The van der Waals surface area contributed by atoms with Gasteiger partial charge in [0.1, 0.15) is 34.7 Å². The van der Waals surface area contributed by atoms with Crippen LogP contribution in [0.1, 0.15) is 25.3 Å². The van der Waals surface area contributed by atoms with Crippen molar-refractivity contribution in [3.63, 3.8) is 0 Å². The molecule has 1 atom stereocenters. The number of anilines is 3. The maximum Gasteiger partial charge on any atom is 0.245 e. The summed E-state index contributed by atoms with van der Waals surface area (Å²) < 4.78 is 22.8. The number of hydrogen-bond acceptors (Lipinski definition) is 9. The topological polar surface area (TPSA) is 123 Å². The van der Waals surface area contributed by atoms with Gasteiger partial charge in [0.2, 0.25) is 5.91 Å². The number of amides is 1. The van der Waals surface area contributed by atoms with Crippen LogP contribution in [0.4, 0.5) is 21.7 Å². The highest BCUT2D eigenvalue weighted by Gasteiger charge is 2.18. The van der Waals surface area contributed by atoms with E-state index in [2.05, 4.69) is 49.4 Å². The van der Waals surface area contributed by atoms with E-state index < -0.39 is 5.82 Å². The van der Waals surface area contributed by atoms with Gasteiger partial charge in [-0.1, -0.05) is 18.7 Å². The molecule has 1 aliphatic heterocycles. The molecule has 2 aromatic carbocycles. The number of likely N-dealkylation sites (tertiary alicyclic amines) is 1. The van der Waals surface area contributed by atoms with Crippen LogP contribution in [-0.2, 0) is 11.8 Å². The minimum Gasteiger partial charge on any atom is -0.457 e. The smallest absolute Gasteiger partial charge is 0.245 e. The molecule has 0 aliphatic carbocycles. The third kappa shape index (κ3) is 6.53. The molecule has 4 heterocycles. The van der Waals surface area contributed by atoms with Gasteiger partial charge >= 0.3 is 0 Å². The Morgan fingerprint density at radius 1 is 1.16 bits per heavy atom. The lowest BCUT2D eigenvalue weighted by atomic mass is 10.0. The van der Waals surface area contributed by atoms with Gasteiger partial charge in [0.15, 0.2) is 11.6 Å². The number of fused-ring (bicyclic) bond motifs is 2. The first-order chi connectivity index (χ1) is 20.8. The van der Waals surface area contributed by atoms with Crippen molar-refractivity contribution in [2.24, 2.45) is 13.0 Å². The number of carbonyl (C=O) groups excluding carboxylic acids is 1. The van der Waals surface area contributed by atoms with Gasteiger partial charge in [0.25, 0.3) is 0 Å². The second kappa shape index (κ2) is 12.8. The van der Waals surface area contributed by atoms with E-state index in [0.717, 1.165) is 25.0 Å². The van der Waals surface area contributed by atoms with E-state index >= 15 is 4.39 Å².